The van der Waals surface area contributed by atoms with E-state index in [1.807, 2.05) is 28.8 Å². The van der Waals surface area contributed by atoms with Crippen LogP contribution < -0.4 is 16.2 Å². The number of anilines is 1. The maximum atomic E-state index is 13.4. The van der Waals surface area contributed by atoms with Gasteiger partial charge in [-0.05, 0) is 31.9 Å². The SMILES string of the molecule is CC#CCn1c(N2CCCC(N)C2)nc2cnn(Cc3cnc4ccccc4n3)c(=O)c21. The fourth-order valence-corrected chi connectivity index (χ4v) is 4.15. The van der Waals surface area contributed by atoms with Crippen LogP contribution in [0.3, 0.4) is 0 Å². The Hall–Kier alpha value is -3.77. The normalized spacial score (nSPS) is 16.3. The second kappa shape index (κ2) is 8.40. The molecule has 1 saturated heterocycles. The molecule has 0 radical (unpaired) electrons. The Morgan fingerprint density at radius 2 is 2.00 bits per heavy atom. The van der Waals surface area contributed by atoms with Crippen molar-refractivity contribution in [2.45, 2.75) is 38.9 Å². The number of hydrogen-bond acceptors (Lipinski definition) is 7. The monoisotopic (exact) mass is 428 g/mol. The zero-order chi connectivity index (χ0) is 22.1. The smallest absolute Gasteiger partial charge is 0.293 e. The molecule has 1 fully saturated rings. The lowest BCUT2D eigenvalue weighted by molar-refractivity contribution is 0.496. The van der Waals surface area contributed by atoms with Crippen molar-refractivity contribution in [2.75, 3.05) is 18.0 Å². The molecule has 0 saturated carbocycles. The number of nitrogens with zero attached hydrogens (tertiary/aromatic N) is 7. The molecule has 162 valence electrons. The van der Waals surface area contributed by atoms with E-state index in [0.29, 0.717) is 29.8 Å². The maximum Gasteiger partial charge on any atom is 0.293 e. The number of piperidine rings is 1. The number of aromatic nitrogens is 6. The molecule has 1 aliphatic rings. The number of nitrogens with two attached hydrogens (primary N) is 1. The Bertz CT molecular complexity index is 1410. The molecule has 3 aromatic heterocycles. The number of benzene rings is 1. The van der Waals surface area contributed by atoms with Gasteiger partial charge in [0.1, 0.15) is 11.0 Å². The highest BCUT2D eigenvalue weighted by Crippen LogP contribution is 2.23. The molecular weight excluding hydrogens is 404 g/mol. The van der Waals surface area contributed by atoms with E-state index in [9.17, 15) is 4.79 Å². The summed E-state index contributed by atoms with van der Waals surface area (Å²) >= 11 is 0. The van der Waals surface area contributed by atoms with Gasteiger partial charge in [-0.1, -0.05) is 18.1 Å². The first-order chi connectivity index (χ1) is 15.6. The number of imidazole rings is 1. The lowest BCUT2D eigenvalue weighted by Crippen LogP contribution is -2.44. The zero-order valence-corrected chi connectivity index (χ0v) is 17.9. The van der Waals surface area contributed by atoms with Gasteiger partial charge >= 0.3 is 0 Å². The third-order valence-corrected chi connectivity index (χ3v) is 5.70. The van der Waals surface area contributed by atoms with Gasteiger partial charge in [-0.3, -0.25) is 14.3 Å². The minimum absolute atomic E-state index is 0.0931. The van der Waals surface area contributed by atoms with Crippen molar-refractivity contribution in [1.82, 2.24) is 29.3 Å². The first-order valence-corrected chi connectivity index (χ1v) is 10.7. The largest absolute Gasteiger partial charge is 0.341 e. The van der Waals surface area contributed by atoms with Crippen molar-refractivity contribution in [2.24, 2.45) is 5.73 Å². The van der Waals surface area contributed by atoms with Crippen LogP contribution >= 0.6 is 0 Å². The van der Waals surface area contributed by atoms with Crippen molar-refractivity contribution in [1.29, 1.82) is 0 Å². The van der Waals surface area contributed by atoms with Gasteiger partial charge in [0, 0.05) is 19.1 Å². The van der Waals surface area contributed by atoms with Gasteiger partial charge < -0.3 is 10.6 Å². The summed E-state index contributed by atoms with van der Waals surface area (Å²) in [7, 11) is 0. The van der Waals surface area contributed by atoms with E-state index in [2.05, 4.69) is 31.8 Å². The van der Waals surface area contributed by atoms with Crippen LogP contribution in [-0.4, -0.2) is 48.4 Å². The van der Waals surface area contributed by atoms with Crippen LogP contribution in [-0.2, 0) is 13.1 Å². The Balaban J connectivity index is 1.58. The lowest BCUT2D eigenvalue weighted by atomic mass is 10.1. The molecule has 32 heavy (non-hydrogen) atoms. The molecule has 2 N–H and O–H groups in total. The molecule has 9 nitrogen and oxygen atoms in total. The standard InChI is InChI=1S/C23H24N8O/c1-2-3-11-30-21-20(28-23(30)29-10-6-7-16(24)14-29)13-26-31(22(21)32)15-17-12-25-18-8-4-5-9-19(18)27-17/h4-5,8-9,12-13,16H,6-7,10-11,14-15,24H2,1H3. The Morgan fingerprint density at radius 3 is 2.81 bits per heavy atom. The first kappa shape index (κ1) is 20.2. The third-order valence-electron chi connectivity index (χ3n) is 5.70. The van der Waals surface area contributed by atoms with E-state index < -0.39 is 0 Å². The highest BCUT2D eigenvalue weighted by atomic mass is 16.1. The third kappa shape index (κ3) is 3.69. The quantitative estimate of drug-likeness (QED) is 0.491. The van der Waals surface area contributed by atoms with Crippen LogP contribution in [0.15, 0.2) is 41.5 Å². The minimum atomic E-state index is -0.226. The van der Waals surface area contributed by atoms with Crippen LogP contribution in [0.2, 0.25) is 0 Å². The van der Waals surface area contributed by atoms with E-state index in [4.69, 9.17) is 10.7 Å². The molecule has 4 aromatic rings. The van der Waals surface area contributed by atoms with Crippen LogP contribution in [0.5, 0.6) is 0 Å². The minimum Gasteiger partial charge on any atom is -0.341 e. The van der Waals surface area contributed by atoms with Gasteiger partial charge in [0.15, 0.2) is 0 Å². The predicted molar refractivity (Wildman–Crippen MR) is 123 cm³/mol. The van der Waals surface area contributed by atoms with E-state index in [1.54, 1.807) is 19.3 Å². The molecule has 4 heterocycles. The van der Waals surface area contributed by atoms with Crippen LogP contribution in [0.4, 0.5) is 5.95 Å². The topological polar surface area (TPSA) is 108 Å². The van der Waals surface area contributed by atoms with Crippen molar-refractivity contribution in [3.8, 4) is 11.8 Å². The molecule has 9 heteroatoms. The van der Waals surface area contributed by atoms with Crippen molar-refractivity contribution >= 4 is 28.0 Å². The summed E-state index contributed by atoms with van der Waals surface area (Å²) in [6.45, 7) is 3.94. The summed E-state index contributed by atoms with van der Waals surface area (Å²) < 4.78 is 3.29. The summed E-state index contributed by atoms with van der Waals surface area (Å²) in [6, 6.07) is 7.74. The van der Waals surface area contributed by atoms with E-state index >= 15 is 0 Å². The van der Waals surface area contributed by atoms with Crippen molar-refractivity contribution < 1.29 is 0 Å². The Labute approximate surface area is 184 Å². The fraction of sp³-hybridized carbons (Fsp3) is 0.348. The maximum absolute atomic E-state index is 13.4. The molecule has 0 amide bonds. The van der Waals surface area contributed by atoms with Crippen molar-refractivity contribution in [3.63, 3.8) is 0 Å². The summed E-state index contributed by atoms with van der Waals surface area (Å²) in [5, 5.41) is 4.36. The van der Waals surface area contributed by atoms with E-state index in [1.165, 1.54) is 4.68 Å². The number of hydrogen-bond donors (Lipinski definition) is 1. The fourth-order valence-electron chi connectivity index (χ4n) is 4.15. The molecule has 0 spiro atoms. The highest BCUT2D eigenvalue weighted by molar-refractivity contribution is 5.77. The average molecular weight is 429 g/mol. The average Bonchev–Trinajstić information content (AvgIpc) is 3.19. The van der Waals surface area contributed by atoms with E-state index in [0.717, 1.165) is 36.4 Å². The molecule has 1 atom stereocenters. The zero-order valence-electron chi connectivity index (χ0n) is 17.9. The second-order valence-electron chi connectivity index (χ2n) is 7.96. The van der Waals surface area contributed by atoms with Gasteiger partial charge in [-0.15, -0.1) is 5.92 Å². The summed E-state index contributed by atoms with van der Waals surface area (Å²) in [4.78, 5) is 29.4. The van der Waals surface area contributed by atoms with Crippen LogP contribution in [0, 0.1) is 11.8 Å². The summed E-state index contributed by atoms with van der Waals surface area (Å²) in [5.74, 6) is 6.71. The highest BCUT2D eigenvalue weighted by Gasteiger charge is 2.24. The second-order valence-corrected chi connectivity index (χ2v) is 7.96. The molecule has 1 aliphatic heterocycles. The molecular formula is C23H24N8O. The van der Waals surface area contributed by atoms with Crippen LogP contribution in [0.1, 0.15) is 25.5 Å². The van der Waals surface area contributed by atoms with Gasteiger partial charge in [0.2, 0.25) is 5.95 Å². The molecule has 5 rings (SSSR count). The number of para-hydroxylation sites is 2. The van der Waals surface area contributed by atoms with Crippen molar-refractivity contribution in [3.05, 3.63) is 52.7 Å². The molecule has 0 aliphatic carbocycles. The van der Waals surface area contributed by atoms with Gasteiger partial charge in [-0.2, -0.15) is 5.10 Å². The van der Waals surface area contributed by atoms with Gasteiger partial charge in [0.05, 0.1) is 42.2 Å². The molecule has 0 bridgehead atoms. The Kier molecular flexibility index (Phi) is 5.29. The lowest BCUT2D eigenvalue weighted by Gasteiger charge is -2.31. The molecule has 1 unspecified atom stereocenters. The number of rotatable bonds is 4. The van der Waals surface area contributed by atoms with Crippen LogP contribution in [0.25, 0.3) is 22.1 Å². The van der Waals surface area contributed by atoms with E-state index in [-0.39, 0.29) is 18.1 Å². The number of fused-ring (bicyclic) bond motifs is 2. The summed E-state index contributed by atoms with van der Waals surface area (Å²) in [5.41, 5.74) is 9.27. The van der Waals surface area contributed by atoms with Gasteiger partial charge in [0.25, 0.3) is 5.56 Å². The first-order valence-electron chi connectivity index (χ1n) is 10.7. The predicted octanol–water partition coefficient (Wildman–Crippen LogP) is 1.54. The summed E-state index contributed by atoms with van der Waals surface area (Å²) in [6.07, 6.45) is 5.30. The Morgan fingerprint density at radius 1 is 1.16 bits per heavy atom. The molecule has 1 aromatic carbocycles. The van der Waals surface area contributed by atoms with Gasteiger partial charge in [-0.25, -0.2) is 14.6 Å².